The van der Waals surface area contributed by atoms with Crippen molar-refractivity contribution in [3.63, 3.8) is 0 Å². The van der Waals surface area contributed by atoms with Crippen LogP contribution in [0.4, 0.5) is 0 Å². The lowest BCUT2D eigenvalue weighted by atomic mass is 9.90. The summed E-state index contributed by atoms with van der Waals surface area (Å²) in [4.78, 5) is 24.8. The molecule has 1 aromatic carbocycles. The van der Waals surface area contributed by atoms with E-state index in [1.54, 1.807) is 34.6 Å². The molecule has 0 heterocycles. The van der Waals surface area contributed by atoms with Crippen molar-refractivity contribution in [2.24, 2.45) is 5.92 Å². The smallest absolute Gasteiger partial charge is 0.339 e. The third kappa shape index (κ3) is 5.53. The number of nitrogens with one attached hydrogen (secondary N) is 2. The minimum Gasteiger partial charge on any atom is -0.449 e. The average Bonchev–Trinajstić information content (AvgIpc) is 2.61. The Bertz CT molecular complexity index is 889. The topological polar surface area (TPSA) is 125 Å². The number of hydrogen-bond acceptors (Lipinski definition) is 6. The van der Waals surface area contributed by atoms with Crippen molar-refractivity contribution in [1.82, 2.24) is 10.0 Å². The molecule has 1 rings (SSSR count). The number of ether oxygens (including phenoxy) is 1. The summed E-state index contributed by atoms with van der Waals surface area (Å²) >= 11 is 0. The van der Waals surface area contributed by atoms with Crippen LogP contribution in [0.2, 0.25) is 0 Å². The van der Waals surface area contributed by atoms with Crippen molar-refractivity contribution in [2.45, 2.75) is 58.1 Å². The molecule has 28 heavy (non-hydrogen) atoms. The summed E-state index contributed by atoms with van der Waals surface area (Å²) in [6.45, 7) is 10.0. The fraction of sp³-hybridized carbons (Fsp3) is 0.526. The molecule has 0 aliphatic carbocycles. The second-order valence-corrected chi connectivity index (χ2v) is 8.75. The first-order chi connectivity index (χ1) is 12.9. The van der Waals surface area contributed by atoms with Gasteiger partial charge in [0.05, 0.1) is 16.5 Å². The highest BCUT2D eigenvalue weighted by molar-refractivity contribution is 7.89. The lowest BCUT2D eigenvalue weighted by Crippen LogP contribution is -2.52. The number of nitriles is 1. The van der Waals surface area contributed by atoms with E-state index in [2.05, 4.69) is 10.0 Å². The van der Waals surface area contributed by atoms with Crippen LogP contribution in [0.25, 0.3) is 0 Å². The van der Waals surface area contributed by atoms with Gasteiger partial charge in [-0.15, -0.1) is 0 Å². The Kier molecular flexibility index (Phi) is 7.73. The van der Waals surface area contributed by atoms with Crippen molar-refractivity contribution in [2.75, 3.05) is 6.54 Å². The number of rotatable bonds is 8. The van der Waals surface area contributed by atoms with Gasteiger partial charge in [0.25, 0.3) is 5.91 Å². The maximum Gasteiger partial charge on any atom is 0.339 e. The Labute approximate surface area is 166 Å². The van der Waals surface area contributed by atoms with Gasteiger partial charge in [-0.05, 0) is 44.4 Å². The standard InChI is InChI=1S/C19H27N3O5S/c1-7-21-28(25,26)15-9-8-13(4)16(10-15)18(24)27-14(5)17(23)22-19(6,11-20)12(2)3/h8-10,12,14,21H,7H2,1-6H3,(H,22,23)/t14-,19+/m1/s1. The highest BCUT2D eigenvalue weighted by atomic mass is 32.2. The summed E-state index contributed by atoms with van der Waals surface area (Å²) < 4.78 is 31.8. The summed E-state index contributed by atoms with van der Waals surface area (Å²) in [6, 6.07) is 6.15. The van der Waals surface area contributed by atoms with Crippen LogP contribution in [-0.4, -0.2) is 38.5 Å². The number of nitrogens with zero attached hydrogens (tertiary/aromatic N) is 1. The SMILES string of the molecule is CCNS(=O)(=O)c1ccc(C)c(C(=O)O[C@H](C)C(=O)N[C@@](C)(C#N)C(C)C)c1. The molecule has 0 unspecified atom stereocenters. The first-order valence-electron chi connectivity index (χ1n) is 8.92. The van der Waals surface area contributed by atoms with Crippen molar-refractivity contribution in [1.29, 1.82) is 5.26 Å². The number of esters is 1. The minimum absolute atomic E-state index is 0.0468. The van der Waals surface area contributed by atoms with E-state index in [0.29, 0.717) is 5.56 Å². The Balaban J connectivity index is 3.02. The van der Waals surface area contributed by atoms with E-state index < -0.39 is 33.5 Å². The first kappa shape index (κ1) is 23.6. The second-order valence-electron chi connectivity index (χ2n) is 6.98. The van der Waals surface area contributed by atoms with Gasteiger partial charge in [0.15, 0.2) is 6.10 Å². The van der Waals surface area contributed by atoms with Crippen LogP contribution in [0.3, 0.4) is 0 Å². The Hall–Kier alpha value is -2.44. The van der Waals surface area contributed by atoms with E-state index in [-0.39, 0.29) is 22.9 Å². The highest BCUT2D eigenvalue weighted by Gasteiger charge is 2.33. The molecule has 0 fully saturated rings. The number of carbonyl (C=O) groups is 2. The Morgan fingerprint density at radius 1 is 1.29 bits per heavy atom. The minimum atomic E-state index is -3.74. The fourth-order valence-corrected chi connectivity index (χ4v) is 3.26. The van der Waals surface area contributed by atoms with E-state index in [1.807, 2.05) is 6.07 Å². The first-order valence-corrected chi connectivity index (χ1v) is 10.4. The number of aryl methyl sites for hydroxylation is 1. The molecule has 0 saturated heterocycles. The maximum absolute atomic E-state index is 12.5. The van der Waals surface area contributed by atoms with E-state index in [9.17, 15) is 23.3 Å². The molecular formula is C19H27N3O5S. The van der Waals surface area contributed by atoms with Gasteiger partial charge in [-0.3, -0.25) is 4.79 Å². The molecule has 2 atom stereocenters. The lowest BCUT2D eigenvalue weighted by molar-refractivity contribution is -0.130. The molecule has 0 saturated carbocycles. The zero-order valence-electron chi connectivity index (χ0n) is 17.0. The summed E-state index contributed by atoms with van der Waals surface area (Å²) in [7, 11) is -3.74. The third-order valence-corrected chi connectivity index (χ3v) is 6.04. The average molecular weight is 410 g/mol. The van der Waals surface area contributed by atoms with E-state index in [4.69, 9.17) is 4.74 Å². The fourth-order valence-electron chi connectivity index (χ4n) is 2.20. The van der Waals surface area contributed by atoms with Gasteiger partial charge in [-0.1, -0.05) is 26.8 Å². The zero-order chi connectivity index (χ0) is 21.7. The molecule has 0 radical (unpaired) electrons. The van der Waals surface area contributed by atoms with E-state index in [1.165, 1.54) is 25.1 Å². The van der Waals surface area contributed by atoms with Crippen LogP contribution in [0, 0.1) is 24.2 Å². The van der Waals surface area contributed by atoms with E-state index >= 15 is 0 Å². The molecule has 1 aromatic rings. The zero-order valence-corrected chi connectivity index (χ0v) is 17.8. The largest absolute Gasteiger partial charge is 0.449 e. The number of benzene rings is 1. The summed E-state index contributed by atoms with van der Waals surface area (Å²) in [6.07, 6.45) is -1.16. The molecule has 0 bridgehead atoms. The van der Waals surface area contributed by atoms with Crippen LogP contribution in [-0.2, 0) is 19.6 Å². The summed E-state index contributed by atoms with van der Waals surface area (Å²) in [5.74, 6) is -1.59. The van der Waals surface area contributed by atoms with Gasteiger partial charge < -0.3 is 10.1 Å². The molecule has 154 valence electrons. The van der Waals surface area contributed by atoms with Crippen molar-refractivity contribution >= 4 is 21.9 Å². The molecule has 0 spiro atoms. The molecule has 1 amide bonds. The Morgan fingerprint density at radius 2 is 1.89 bits per heavy atom. The maximum atomic E-state index is 12.5. The quantitative estimate of drug-likeness (QED) is 0.632. The second kappa shape index (κ2) is 9.17. The molecule has 8 nitrogen and oxygen atoms in total. The summed E-state index contributed by atoms with van der Waals surface area (Å²) in [5, 5.41) is 11.9. The van der Waals surface area contributed by atoms with Crippen molar-refractivity contribution in [3.05, 3.63) is 29.3 Å². The number of hydrogen-bond donors (Lipinski definition) is 2. The van der Waals surface area contributed by atoms with Gasteiger partial charge in [0.1, 0.15) is 5.54 Å². The van der Waals surface area contributed by atoms with Crippen LogP contribution in [0.15, 0.2) is 23.1 Å². The normalized spacial score (nSPS) is 14.6. The van der Waals surface area contributed by atoms with Gasteiger partial charge >= 0.3 is 5.97 Å². The van der Waals surface area contributed by atoms with Crippen LogP contribution in [0.5, 0.6) is 0 Å². The highest BCUT2D eigenvalue weighted by Crippen LogP contribution is 2.18. The molecule has 0 aliphatic heterocycles. The lowest BCUT2D eigenvalue weighted by Gasteiger charge is -2.28. The van der Waals surface area contributed by atoms with Gasteiger partial charge in [-0.25, -0.2) is 17.9 Å². The van der Waals surface area contributed by atoms with Crippen molar-refractivity contribution in [3.8, 4) is 6.07 Å². The monoisotopic (exact) mass is 409 g/mol. The van der Waals surface area contributed by atoms with Gasteiger partial charge in [0, 0.05) is 6.54 Å². The predicted octanol–water partition coefficient (Wildman–Crippen LogP) is 1.89. The Morgan fingerprint density at radius 3 is 2.39 bits per heavy atom. The number of sulfonamides is 1. The van der Waals surface area contributed by atoms with E-state index in [0.717, 1.165) is 0 Å². The predicted molar refractivity (Wildman–Crippen MR) is 104 cm³/mol. The molecular weight excluding hydrogens is 382 g/mol. The molecule has 0 aromatic heterocycles. The molecule has 2 N–H and O–H groups in total. The van der Waals surface area contributed by atoms with Crippen molar-refractivity contribution < 1.29 is 22.7 Å². The molecule has 0 aliphatic rings. The van der Waals surface area contributed by atoms with Crippen LogP contribution >= 0.6 is 0 Å². The van der Waals surface area contributed by atoms with Crippen LogP contribution < -0.4 is 10.0 Å². The number of amides is 1. The van der Waals surface area contributed by atoms with Gasteiger partial charge in [-0.2, -0.15) is 5.26 Å². The van der Waals surface area contributed by atoms with Crippen LogP contribution in [0.1, 0.15) is 50.5 Å². The number of carbonyl (C=O) groups excluding carboxylic acids is 2. The summed E-state index contributed by atoms with van der Waals surface area (Å²) in [5.41, 5.74) is -0.546. The molecule has 9 heteroatoms. The van der Waals surface area contributed by atoms with Gasteiger partial charge in [0.2, 0.25) is 10.0 Å². The third-order valence-electron chi connectivity index (χ3n) is 4.50.